The second-order valence-electron chi connectivity index (χ2n) is 6.75. The number of morpholine rings is 1. The van der Waals surface area contributed by atoms with Gasteiger partial charge in [0.05, 0.1) is 25.7 Å². The number of ether oxygens (including phenoxy) is 1. The number of benzene rings is 1. The van der Waals surface area contributed by atoms with Crippen LogP contribution in [0.4, 0.5) is 5.69 Å². The molecule has 0 spiro atoms. The van der Waals surface area contributed by atoms with Crippen molar-refractivity contribution >= 4 is 17.5 Å². The van der Waals surface area contributed by atoms with E-state index in [1.807, 2.05) is 28.0 Å². The Balaban J connectivity index is 1.28. The van der Waals surface area contributed by atoms with Crippen molar-refractivity contribution in [3.8, 4) is 0 Å². The summed E-state index contributed by atoms with van der Waals surface area (Å²) in [6.45, 7) is 5.21. The summed E-state index contributed by atoms with van der Waals surface area (Å²) in [4.78, 5) is 30.8. The van der Waals surface area contributed by atoms with Crippen LogP contribution in [0.15, 0.2) is 24.3 Å². The molecule has 3 aliphatic heterocycles. The van der Waals surface area contributed by atoms with Gasteiger partial charge >= 0.3 is 0 Å². The molecule has 0 radical (unpaired) electrons. The Morgan fingerprint density at radius 3 is 2.62 bits per heavy atom. The highest BCUT2D eigenvalue weighted by Crippen LogP contribution is 2.28. The zero-order valence-electron chi connectivity index (χ0n) is 13.8. The fraction of sp³-hybridized carbons (Fsp3) is 0.556. The number of rotatable bonds is 3. The predicted octanol–water partition coefficient (Wildman–Crippen LogP) is 0.366. The van der Waals surface area contributed by atoms with E-state index in [2.05, 4.69) is 11.0 Å². The molecule has 0 bridgehead atoms. The first-order chi connectivity index (χ1) is 11.7. The van der Waals surface area contributed by atoms with Crippen LogP contribution in [0.2, 0.25) is 0 Å². The number of likely N-dealkylation sites (tertiary alicyclic amines) is 1. The lowest BCUT2D eigenvalue weighted by Crippen LogP contribution is -2.58. The van der Waals surface area contributed by atoms with E-state index in [-0.39, 0.29) is 17.7 Å². The van der Waals surface area contributed by atoms with Gasteiger partial charge in [0.25, 0.3) is 0 Å². The van der Waals surface area contributed by atoms with Gasteiger partial charge < -0.3 is 14.5 Å². The predicted molar refractivity (Wildman–Crippen MR) is 89.8 cm³/mol. The second-order valence-corrected chi connectivity index (χ2v) is 6.75. The molecule has 128 valence electrons. The lowest BCUT2D eigenvalue weighted by atomic mass is 9.98. The number of carbonyl (C=O) groups excluding carboxylic acids is 2. The highest BCUT2D eigenvalue weighted by Gasteiger charge is 2.37. The number of carbonyl (C=O) groups is 2. The van der Waals surface area contributed by atoms with Crippen LogP contribution in [0.3, 0.4) is 0 Å². The zero-order valence-corrected chi connectivity index (χ0v) is 13.8. The minimum absolute atomic E-state index is 0.0433. The van der Waals surface area contributed by atoms with Crippen molar-refractivity contribution in [1.82, 2.24) is 9.80 Å². The van der Waals surface area contributed by atoms with Crippen LogP contribution in [-0.2, 0) is 20.7 Å². The number of amides is 2. The average molecular weight is 329 g/mol. The van der Waals surface area contributed by atoms with Crippen molar-refractivity contribution in [3.63, 3.8) is 0 Å². The second kappa shape index (κ2) is 6.53. The molecule has 3 heterocycles. The topological polar surface area (TPSA) is 53.1 Å². The Morgan fingerprint density at radius 1 is 1.08 bits per heavy atom. The molecule has 1 aromatic rings. The molecule has 0 N–H and O–H groups in total. The molecule has 0 atom stereocenters. The molecule has 2 saturated heterocycles. The Kier molecular flexibility index (Phi) is 4.24. The summed E-state index contributed by atoms with van der Waals surface area (Å²) in [6.07, 6.45) is 0.931. The number of hydrogen-bond acceptors (Lipinski definition) is 4. The molecule has 1 aromatic carbocycles. The molecule has 2 fully saturated rings. The van der Waals surface area contributed by atoms with Crippen molar-refractivity contribution in [2.45, 2.75) is 6.42 Å². The molecule has 6 heteroatoms. The van der Waals surface area contributed by atoms with Gasteiger partial charge in [0.2, 0.25) is 11.8 Å². The molecule has 2 amide bonds. The van der Waals surface area contributed by atoms with E-state index in [1.165, 1.54) is 5.56 Å². The van der Waals surface area contributed by atoms with Crippen LogP contribution in [0, 0.1) is 5.92 Å². The Morgan fingerprint density at radius 2 is 1.83 bits per heavy atom. The van der Waals surface area contributed by atoms with E-state index in [0.717, 1.165) is 18.7 Å². The summed E-state index contributed by atoms with van der Waals surface area (Å²) in [7, 11) is 0. The van der Waals surface area contributed by atoms with E-state index in [9.17, 15) is 9.59 Å². The van der Waals surface area contributed by atoms with E-state index in [0.29, 0.717) is 45.9 Å². The first-order valence-corrected chi connectivity index (χ1v) is 8.69. The van der Waals surface area contributed by atoms with Crippen molar-refractivity contribution in [3.05, 3.63) is 29.8 Å². The zero-order chi connectivity index (χ0) is 16.5. The lowest BCUT2D eigenvalue weighted by molar-refractivity contribution is -0.146. The van der Waals surface area contributed by atoms with Gasteiger partial charge in [-0.15, -0.1) is 0 Å². The highest BCUT2D eigenvalue weighted by atomic mass is 16.5. The summed E-state index contributed by atoms with van der Waals surface area (Å²) in [6, 6.07) is 8.10. The lowest BCUT2D eigenvalue weighted by Gasteiger charge is -2.41. The molecule has 0 unspecified atom stereocenters. The fourth-order valence-electron chi connectivity index (χ4n) is 3.77. The molecule has 4 rings (SSSR count). The molecule has 6 nitrogen and oxygen atoms in total. The van der Waals surface area contributed by atoms with Crippen LogP contribution < -0.4 is 4.90 Å². The first kappa shape index (κ1) is 15.6. The number of para-hydroxylation sites is 1. The van der Waals surface area contributed by atoms with Gasteiger partial charge in [0.15, 0.2) is 0 Å². The maximum atomic E-state index is 12.6. The van der Waals surface area contributed by atoms with Crippen molar-refractivity contribution in [2.24, 2.45) is 5.92 Å². The van der Waals surface area contributed by atoms with E-state index < -0.39 is 0 Å². The summed E-state index contributed by atoms with van der Waals surface area (Å²) in [5, 5.41) is 0. The molecule has 0 aromatic heterocycles. The van der Waals surface area contributed by atoms with Crippen LogP contribution in [0.25, 0.3) is 0 Å². The van der Waals surface area contributed by atoms with Crippen molar-refractivity contribution in [2.75, 3.05) is 57.4 Å². The molecular weight excluding hydrogens is 306 g/mol. The van der Waals surface area contributed by atoms with Crippen LogP contribution in [-0.4, -0.2) is 74.1 Å². The standard InChI is InChI=1S/C18H23N3O3/c22-17(21-6-5-14-3-1-2-4-16(14)21)13-19-11-15(12-19)18(23)20-7-9-24-10-8-20/h1-4,15H,5-13H2. The molecular formula is C18H23N3O3. The average Bonchev–Trinajstić information content (AvgIpc) is 3.02. The number of hydrogen-bond donors (Lipinski definition) is 0. The monoisotopic (exact) mass is 329 g/mol. The molecule has 0 saturated carbocycles. The van der Waals surface area contributed by atoms with Crippen molar-refractivity contribution < 1.29 is 14.3 Å². The molecule has 3 aliphatic rings. The van der Waals surface area contributed by atoms with E-state index >= 15 is 0 Å². The summed E-state index contributed by atoms with van der Waals surface area (Å²) < 4.78 is 5.29. The molecule has 24 heavy (non-hydrogen) atoms. The summed E-state index contributed by atoms with van der Waals surface area (Å²) in [5.41, 5.74) is 2.29. The summed E-state index contributed by atoms with van der Waals surface area (Å²) >= 11 is 0. The first-order valence-electron chi connectivity index (χ1n) is 8.69. The quantitative estimate of drug-likeness (QED) is 0.804. The fourth-order valence-corrected chi connectivity index (χ4v) is 3.77. The van der Waals surface area contributed by atoms with E-state index in [1.54, 1.807) is 0 Å². The Labute approximate surface area is 142 Å². The number of fused-ring (bicyclic) bond motifs is 1. The van der Waals surface area contributed by atoms with Crippen LogP contribution in [0.1, 0.15) is 5.56 Å². The van der Waals surface area contributed by atoms with Gasteiger partial charge in [-0.05, 0) is 18.1 Å². The Hall–Kier alpha value is -1.92. The van der Waals surface area contributed by atoms with Gasteiger partial charge in [-0.1, -0.05) is 18.2 Å². The third-order valence-electron chi connectivity index (χ3n) is 5.18. The van der Waals surface area contributed by atoms with Crippen molar-refractivity contribution in [1.29, 1.82) is 0 Å². The largest absolute Gasteiger partial charge is 0.378 e. The number of anilines is 1. The van der Waals surface area contributed by atoms with Crippen LogP contribution >= 0.6 is 0 Å². The van der Waals surface area contributed by atoms with Gasteiger partial charge in [-0.3, -0.25) is 14.5 Å². The normalized spacial score (nSPS) is 21.5. The SMILES string of the molecule is O=C(C1CN(CC(=O)N2CCc3ccccc32)C1)N1CCOCC1. The van der Waals surface area contributed by atoms with Gasteiger partial charge in [0, 0.05) is 38.4 Å². The van der Waals surface area contributed by atoms with Crippen LogP contribution in [0.5, 0.6) is 0 Å². The summed E-state index contributed by atoms with van der Waals surface area (Å²) in [5.74, 6) is 0.396. The van der Waals surface area contributed by atoms with E-state index in [4.69, 9.17) is 4.74 Å². The Bertz CT molecular complexity index is 636. The smallest absolute Gasteiger partial charge is 0.241 e. The number of nitrogens with zero attached hydrogens (tertiary/aromatic N) is 3. The minimum atomic E-state index is 0.0433. The maximum absolute atomic E-state index is 12.6. The molecule has 0 aliphatic carbocycles. The van der Waals surface area contributed by atoms with Gasteiger partial charge in [-0.2, -0.15) is 0 Å². The third kappa shape index (κ3) is 2.91. The third-order valence-corrected chi connectivity index (χ3v) is 5.18. The maximum Gasteiger partial charge on any atom is 0.241 e. The minimum Gasteiger partial charge on any atom is -0.378 e. The highest BCUT2D eigenvalue weighted by molar-refractivity contribution is 5.97. The van der Waals surface area contributed by atoms with Gasteiger partial charge in [0.1, 0.15) is 0 Å². The van der Waals surface area contributed by atoms with Gasteiger partial charge in [-0.25, -0.2) is 0 Å².